The summed E-state index contributed by atoms with van der Waals surface area (Å²) in [6, 6.07) is 9.46. The average molecular weight is 298 g/mol. The summed E-state index contributed by atoms with van der Waals surface area (Å²) >= 11 is 0. The Kier molecular flexibility index (Phi) is 3.82. The van der Waals surface area contributed by atoms with Crippen LogP contribution in [0.4, 0.5) is 0 Å². The van der Waals surface area contributed by atoms with Crippen LogP contribution in [-0.2, 0) is 13.5 Å². The normalized spacial score (nSPS) is 10.8. The molecular formula is C16H18N4O2. The van der Waals surface area contributed by atoms with E-state index in [4.69, 9.17) is 4.74 Å². The zero-order chi connectivity index (χ0) is 15.5. The molecular weight excluding hydrogens is 280 g/mol. The lowest BCUT2D eigenvalue weighted by molar-refractivity contribution is 0.0950. The van der Waals surface area contributed by atoms with Crippen LogP contribution in [0.3, 0.4) is 0 Å². The van der Waals surface area contributed by atoms with Gasteiger partial charge in [0.05, 0.1) is 12.8 Å². The van der Waals surface area contributed by atoms with Crippen LogP contribution in [0, 0.1) is 0 Å². The van der Waals surface area contributed by atoms with E-state index in [0.717, 1.165) is 22.3 Å². The third-order valence-corrected chi connectivity index (χ3v) is 3.51. The molecule has 2 aromatic heterocycles. The minimum atomic E-state index is -0.119. The molecule has 0 saturated carbocycles. The molecule has 3 aromatic rings. The van der Waals surface area contributed by atoms with Crippen LogP contribution in [0.5, 0.6) is 5.75 Å². The summed E-state index contributed by atoms with van der Waals surface area (Å²) < 4.78 is 6.93. The Balaban J connectivity index is 1.64. The van der Waals surface area contributed by atoms with Crippen molar-refractivity contribution in [3.8, 4) is 5.75 Å². The van der Waals surface area contributed by atoms with Crippen LogP contribution in [-0.4, -0.2) is 34.3 Å². The minimum Gasteiger partial charge on any atom is -0.497 e. The second-order valence-electron chi connectivity index (χ2n) is 5.12. The molecule has 2 heterocycles. The Labute approximate surface area is 128 Å². The summed E-state index contributed by atoms with van der Waals surface area (Å²) in [5, 5.41) is 8.16. The Bertz CT molecular complexity index is 803. The van der Waals surface area contributed by atoms with E-state index >= 15 is 0 Å². The van der Waals surface area contributed by atoms with Gasteiger partial charge in [0.25, 0.3) is 5.91 Å². The molecule has 0 unspecified atom stereocenters. The van der Waals surface area contributed by atoms with Crippen LogP contribution < -0.4 is 10.1 Å². The van der Waals surface area contributed by atoms with Crippen molar-refractivity contribution in [3.63, 3.8) is 0 Å². The zero-order valence-electron chi connectivity index (χ0n) is 12.6. The molecule has 0 fully saturated rings. The van der Waals surface area contributed by atoms with Gasteiger partial charge in [-0.3, -0.25) is 9.48 Å². The summed E-state index contributed by atoms with van der Waals surface area (Å²) in [4.78, 5) is 15.3. The van der Waals surface area contributed by atoms with Gasteiger partial charge in [0.2, 0.25) is 0 Å². The molecule has 0 bridgehead atoms. The maximum absolute atomic E-state index is 12.2. The number of nitrogens with one attached hydrogen (secondary N) is 2. The smallest absolute Gasteiger partial charge is 0.267 e. The van der Waals surface area contributed by atoms with Crippen molar-refractivity contribution in [1.29, 1.82) is 0 Å². The number of H-pyrrole nitrogens is 1. The SMILES string of the molecule is COc1ccc2cc(C(=O)NCCc3ccn(C)n3)[nH]c2c1. The largest absolute Gasteiger partial charge is 0.497 e. The molecule has 6 heteroatoms. The molecule has 1 amide bonds. The lowest BCUT2D eigenvalue weighted by atomic mass is 10.2. The predicted molar refractivity (Wildman–Crippen MR) is 84.1 cm³/mol. The maximum Gasteiger partial charge on any atom is 0.267 e. The highest BCUT2D eigenvalue weighted by Gasteiger charge is 2.09. The van der Waals surface area contributed by atoms with Crippen molar-refractivity contribution < 1.29 is 9.53 Å². The molecule has 0 radical (unpaired) electrons. The van der Waals surface area contributed by atoms with Gasteiger partial charge in [-0.2, -0.15) is 5.10 Å². The number of carbonyl (C=O) groups is 1. The number of hydrogen-bond donors (Lipinski definition) is 2. The van der Waals surface area contributed by atoms with E-state index in [0.29, 0.717) is 18.7 Å². The van der Waals surface area contributed by atoms with Gasteiger partial charge in [0, 0.05) is 43.2 Å². The summed E-state index contributed by atoms with van der Waals surface area (Å²) in [5.41, 5.74) is 2.39. The van der Waals surface area contributed by atoms with Gasteiger partial charge < -0.3 is 15.0 Å². The Morgan fingerprint density at radius 1 is 1.36 bits per heavy atom. The summed E-state index contributed by atoms with van der Waals surface area (Å²) in [5.74, 6) is 0.641. The number of amides is 1. The number of hydrogen-bond acceptors (Lipinski definition) is 3. The van der Waals surface area contributed by atoms with Crippen LogP contribution in [0.25, 0.3) is 10.9 Å². The van der Waals surface area contributed by atoms with E-state index < -0.39 is 0 Å². The lowest BCUT2D eigenvalue weighted by Crippen LogP contribution is -2.26. The van der Waals surface area contributed by atoms with Gasteiger partial charge in [-0.05, 0) is 24.3 Å². The summed E-state index contributed by atoms with van der Waals surface area (Å²) in [6.07, 6.45) is 2.60. The molecule has 2 N–H and O–H groups in total. The quantitative estimate of drug-likeness (QED) is 0.755. The number of rotatable bonds is 5. The average Bonchev–Trinajstić information content (AvgIpc) is 3.12. The first kappa shape index (κ1) is 14.2. The number of carbonyl (C=O) groups excluding carboxylic acids is 1. The highest BCUT2D eigenvalue weighted by Crippen LogP contribution is 2.21. The molecule has 0 aliphatic carbocycles. The Morgan fingerprint density at radius 3 is 2.95 bits per heavy atom. The maximum atomic E-state index is 12.2. The van der Waals surface area contributed by atoms with Crippen molar-refractivity contribution in [2.45, 2.75) is 6.42 Å². The number of fused-ring (bicyclic) bond motifs is 1. The summed E-state index contributed by atoms with van der Waals surface area (Å²) in [6.45, 7) is 0.550. The fraction of sp³-hybridized carbons (Fsp3) is 0.250. The fourth-order valence-electron chi connectivity index (χ4n) is 2.35. The molecule has 22 heavy (non-hydrogen) atoms. The van der Waals surface area contributed by atoms with Gasteiger partial charge in [-0.1, -0.05) is 0 Å². The van der Waals surface area contributed by atoms with Crippen molar-refractivity contribution in [1.82, 2.24) is 20.1 Å². The van der Waals surface area contributed by atoms with E-state index in [2.05, 4.69) is 15.4 Å². The molecule has 6 nitrogen and oxygen atoms in total. The van der Waals surface area contributed by atoms with Crippen molar-refractivity contribution >= 4 is 16.8 Å². The van der Waals surface area contributed by atoms with Gasteiger partial charge >= 0.3 is 0 Å². The second-order valence-corrected chi connectivity index (χ2v) is 5.12. The molecule has 0 aliphatic heterocycles. The number of benzene rings is 1. The molecule has 3 rings (SSSR count). The fourth-order valence-corrected chi connectivity index (χ4v) is 2.35. The highest BCUT2D eigenvalue weighted by atomic mass is 16.5. The number of ether oxygens (including phenoxy) is 1. The molecule has 0 spiro atoms. The number of methoxy groups -OCH3 is 1. The van der Waals surface area contributed by atoms with Gasteiger partial charge in [-0.15, -0.1) is 0 Å². The van der Waals surface area contributed by atoms with Crippen LogP contribution in [0.15, 0.2) is 36.5 Å². The molecule has 0 aliphatic rings. The number of aryl methyl sites for hydroxylation is 1. The number of aromatic amines is 1. The van der Waals surface area contributed by atoms with Crippen LogP contribution in [0.1, 0.15) is 16.2 Å². The third kappa shape index (κ3) is 2.95. The lowest BCUT2D eigenvalue weighted by Gasteiger charge is -2.01. The predicted octanol–water partition coefficient (Wildman–Crippen LogP) is 1.88. The molecule has 114 valence electrons. The van der Waals surface area contributed by atoms with E-state index in [1.807, 2.05) is 43.6 Å². The van der Waals surface area contributed by atoms with Crippen molar-refractivity contribution in [3.05, 3.63) is 47.9 Å². The minimum absolute atomic E-state index is 0.119. The molecule has 1 aromatic carbocycles. The van der Waals surface area contributed by atoms with E-state index in [-0.39, 0.29) is 5.91 Å². The van der Waals surface area contributed by atoms with E-state index in [9.17, 15) is 4.79 Å². The second kappa shape index (κ2) is 5.93. The monoisotopic (exact) mass is 298 g/mol. The zero-order valence-corrected chi connectivity index (χ0v) is 12.6. The summed E-state index contributed by atoms with van der Waals surface area (Å²) in [7, 11) is 3.50. The van der Waals surface area contributed by atoms with E-state index in [1.54, 1.807) is 11.8 Å². The molecule has 0 atom stereocenters. The number of aromatic nitrogens is 3. The van der Waals surface area contributed by atoms with Crippen LogP contribution >= 0.6 is 0 Å². The van der Waals surface area contributed by atoms with Gasteiger partial charge in [0.15, 0.2) is 0 Å². The highest BCUT2D eigenvalue weighted by molar-refractivity contribution is 5.98. The topological polar surface area (TPSA) is 71.9 Å². The first-order valence-corrected chi connectivity index (χ1v) is 7.09. The van der Waals surface area contributed by atoms with Crippen molar-refractivity contribution in [2.75, 3.05) is 13.7 Å². The Hall–Kier alpha value is -2.76. The standard InChI is InChI=1S/C16H18N4O2/c1-20-8-6-12(19-20)5-7-17-16(21)15-9-11-3-4-13(22-2)10-14(11)18-15/h3-4,6,8-10,18H,5,7H2,1-2H3,(H,17,21). The van der Waals surface area contributed by atoms with Crippen LogP contribution in [0.2, 0.25) is 0 Å². The van der Waals surface area contributed by atoms with E-state index in [1.165, 1.54) is 0 Å². The number of nitrogens with zero attached hydrogens (tertiary/aromatic N) is 2. The Morgan fingerprint density at radius 2 is 2.23 bits per heavy atom. The first-order valence-electron chi connectivity index (χ1n) is 7.09. The molecule has 0 saturated heterocycles. The van der Waals surface area contributed by atoms with Gasteiger partial charge in [0.1, 0.15) is 11.4 Å². The third-order valence-electron chi connectivity index (χ3n) is 3.51. The first-order chi connectivity index (χ1) is 10.7. The van der Waals surface area contributed by atoms with Gasteiger partial charge in [-0.25, -0.2) is 0 Å². The van der Waals surface area contributed by atoms with Crippen molar-refractivity contribution in [2.24, 2.45) is 7.05 Å².